The number of nitrogens with one attached hydrogen (secondary N) is 1. The summed E-state index contributed by atoms with van der Waals surface area (Å²) in [5, 5.41) is 5.22. The SMILES string of the molecule is Nc1ccc(Nc2c(N)ccc3ccccc23)cc1F. The maximum absolute atomic E-state index is 13.5. The predicted octanol–water partition coefficient (Wildman–Crippen LogP) is 3.89. The number of rotatable bonds is 2. The molecule has 0 unspecified atom stereocenters. The third-order valence-electron chi connectivity index (χ3n) is 3.23. The molecule has 3 aromatic rings. The molecule has 0 aliphatic heterocycles. The van der Waals surface area contributed by atoms with Crippen molar-refractivity contribution in [2.75, 3.05) is 16.8 Å². The van der Waals surface area contributed by atoms with Crippen LogP contribution >= 0.6 is 0 Å². The van der Waals surface area contributed by atoms with E-state index in [0.29, 0.717) is 11.4 Å². The zero-order valence-corrected chi connectivity index (χ0v) is 10.7. The molecule has 0 fully saturated rings. The second kappa shape index (κ2) is 4.74. The maximum atomic E-state index is 13.5. The molecule has 0 saturated heterocycles. The molecule has 5 N–H and O–H groups in total. The molecule has 0 amide bonds. The van der Waals surface area contributed by atoms with Gasteiger partial charge in [0.1, 0.15) is 5.82 Å². The average Bonchev–Trinajstić information content (AvgIpc) is 2.46. The number of hydrogen-bond acceptors (Lipinski definition) is 3. The maximum Gasteiger partial charge on any atom is 0.148 e. The van der Waals surface area contributed by atoms with Crippen LogP contribution in [0.2, 0.25) is 0 Å². The van der Waals surface area contributed by atoms with E-state index in [2.05, 4.69) is 5.32 Å². The lowest BCUT2D eigenvalue weighted by Gasteiger charge is -2.13. The van der Waals surface area contributed by atoms with Crippen LogP contribution in [0.5, 0.6) is 0 Å². The predicted molar refractivity (Wildman–Crippen MR) is 82.5 cm³/mol. The van der Waals surface area contributed by atoms with E-state index < -0.39 is 5.82 Å². The fourth-order valence-corrected chi connectivity index (χ4v) is 2.18. The van der Waals surface area contributed by atoms with Gasteiger partial charge in [0.25, 0.3) is 0 Å². The van der Waals surface area contributed by atoms with Gasteiger partial charge in [-0.25, -0.2) is 4.39 Å². The lowest BCUT2D eigenvalue weighted by molar-refractivity contribution is 0.633. The van der Waals surface area contributed by atoms with E-state index in [-0.39, 0.29) is 5.69 Å². The third kappa shape index (κ3) is 2.12. The van der Waals surface area contributed by atoms with E-state index in [0.717, 1.165) is 16.5 Å². The van der Waals surface area contributed by atoms with Crippen molar-refractivity contribution >= 4 is 33.5 Å². The molecule has 3 aromatic carbocycles. The summed E-state index contributed by atoms with van der Waals surface area (Å²) in [7, 11) is 0. The Hall–Kier alpha value is -2.75. The summed E-state index contributed by atoms with van der Waals surface area (Å²) < 4.78 is 13.5. The summed E-state index contributed by atoms with van der Waals surface area (Å²) in [6, 6.07) is 16.3. The fourth-order valence-electron chi connectivity index (χ4n) is 2.18. The summed E-state index contributed by atoms with van der Waals surface area (Å²) >= 11 is 0. The first kappa shape index (κ1) is 12.3. The van der Waals surface area contributed by atoms with E-state index in [1.165, 1.54) is 12.1 Å². The van der Waals surface area contributed by atoms with Crippen molar-refractivity contribution in [1.29, 1.82) is 0 Å². The molecule has 0 aliphatic rings. The van der Waals surface area contributed by atoms with E-state index in [4.69, 9.17) is 11.5 Å². The van der Waals surface area contributed by atoms with Crippen LogP contribution in [0.1, 0.15) is 0 Å². The minimum Gasteiger partial charge on any atom is -0.397 e. The number of benzene rings is 3. The topological polar surface area (TPSA) is 64.1 Å². The molecule has 20 heavy (non-hydrogen) atoms. The van der Waals surface area contributed by atoms with Gasteiger partial charge < -0.3 is 16.8 Å². The molecular formula is C16H14FN3. The molecule has 0 atom stereocenters. The van der Waals surface area contributed by atoms with Gasteiger partial charge in [-0.3, -0.25) is 0 Å². The molecule has 0 aromatic heterocycles. The van der Waals surface area contributed by atoms with Crippen LogP contribution in [-0.4, -0.2) is 0 Å². The van der Waals surface area contributed by atoms with Gasteiger partial charge in [-0.1, -0.05) is 30.3 Å². The first-order chi connectivity index (χ1) is 9.65. The number of halogens is 1. The van der Waals surface area contributed by atoms with Gasteiger partial charge in [-0.2, -0.15) is 0 Å². The molecule has 0 radical (unpaired) electrons. The molecule has 100 valence electrons. The van der Waals surface area contributed by atoms with Crippen molar-refractivity contribution in [3.8, 4) is 0 Å². The highest BCUT2D eigenvalue weighted by atomic mass is 19.1. The van der Waals surface area contributed by atoms with Crippen molar-refractivity contribution in [3.63, 3.8) is 0 Å². The Bertz CT molecular complexity index is 784. The van der Waals surface area contributed by atoms with E-state index >= 15 is 0 Å². The Kier molecular flexibility index (Phi) is 2.91. The third-order valence-corrected chi connectivity index (χ3v) is 3.23. The minimum atomic E-state index is -0.450. The Morgan fingerprint density at radius 2 is 1.60 bits per heavy atom. The van der Waals surface area contributed by atoms with Crippen LogP contribution in [0.4, 0.5) is 27.1 Å². The highest BCUT2D eigenvalue weighted by Gasteiger charge is 2.07. The zero-order valence-electron chi connectivity index (χ0n) is 10.7. The fraction of sp³-hybridized carbons (Fsp3) is 0. The highest BCUT2D eigenvalue weighted by Crippen LogP contribution is 2.32. The number of anilines is 4. The van der Waals surface area contributed by atoms with E-state index in [1.54, 1.807) is 6.07 Å². The van der Waals surface area contributed by atoms with Crippen molar-refractivity contribution in [2.24, 2.45) is 0 Å². The first-order valence-electron chi connectivity index (χ1n) is 6.24. The van der Waals surface area contributed by atoms with Gasteiger partial charge >= 0.3 is 0 Å². The lowest BCUT2D eigenvalue weighted by Crippen LogP contribution is -1.99. The van der Waals surface area contributed by atoms with Crippen LogP contribution in [0.25, 0.3) is 10.8 Å². The van der Waals surface area contributed by atoms with Gasteiger partial charge in [0.15, 0.2) is 0 Å². The molecule has 3 nitrogen and oxygen atoms in total. The number of hydrogen-bond donors (Lipinski definition) is 3. The smallest absolute Gasteiger partial charge is 0.148 e. The zero-order chi connectivity index (χ0) is 14.1. The summed E-state index contributed by atoms with van der Waals surface area (Å²) in [6.45, 7) is 0. The Balaban J connectivity index is 2.10. The van der Waals surface area contributed by atoms with Crippen molar-refractivity contribution < 1.29 is 4.39 Å². The normalized spacial score (nSPS) is 10.7. The monoisotopic (exact) mass is 267 g/mol. The second-order valence-corrected chi connectivity index (χ2v) is 4.61. The summed E-state index contributed by atoms with van der Waals surface area (Å²) in [6.07, 6.45) is 0. The van der Waals surface area contributed by atoms with Crippen LogP contribution in [-0.2, 0) is 0 Å². The van der Waals surface area contributed by atoms with Crippen molar-refractivity contribution in [3.05, 3.63) is 60.4 Å². The average molecular weight is 267 g/mol. The molecule has 4 heteroatoms. The van der Waals surface area contributed by atoms with E-state index in [1.807, 2.05) is 36.4 Å². The van der Waals surface area contributed by atoms with Crippen LogP contribution < -0.4 is 16.8 Å². The van der Waals surface area contributed by atoms with Gasteiger partial charge in [-0.15, -0.1) is 0 Å². The van der Waals surface area contributed by atoms with Crippen LogP contribution in [0.3, 0.4) is 0 Å². The van der Waals surface area contributed by atoms with Gasteiger partial charge in [0.05, 0.1) is 17.1 Å². The number of fused-ring (bicyclic) bond motifs is 1. The minimum absolute atomic E-state index is 0.126. The highest BCUT2D eigenvalue weighted by molar-refractivity contribution is 6.01. The standard InChI is InChI=1S/C16H14FN3/c17-13-9-11(6-8-14(13)18)20-16-12-4-2-1-3-10(12)5-7-15(16)19/h1-9,20H,18-19H2. The molecule has 0 spiro atoms. The molecule has 0 bridgehead atoms. The Morgan fingerprint density at radius 1 is 0.850 bits per heavy atom. The molecular weight excluding hydrogens is 253 g/mol. The van der Waals surface area contributed by atoms with E-state index in [9.17, 15) is 4.39 Å². The van der Waals surface area contributed by atoms with Crippen molar-refractivity contribution in [1.82, 2.24) is 0 Å². The van der Waals surface area contributed by atoms with Gasteiger partial charge in [0, 0.05) is 11.1 Å². The number of nitrogens with two attached hydrogens (primary N) is 2. The second-order valence-electron chi connectivity index (χ2n) is 4.61. The lowest BCUT2D eigenvalue weighted by atomic mass is 10.1. The number of nitrogen functional groups attached to an aromatic ring is 2. The Morgan fingerprint density at radius 3 is 2.40 bits per heavy atom. The molecule has 0 aliphatic carbocycles. The van der Waals surface area contributed by atoms with Gasteiger partial charge in [-0.05, 0) is 29.7 Å². The summed E-state index contributed by atoms with van der Waals surface area (Å²) in [5.74, 6) is -0.450. The largest absolute Gasteiger partial charge is 0.397 e. The quantitative estimate of drug-likeness (QED) is 0.617. The Labute approximate surface area is 116 Å². The molecule has 3 rings (SSSR count). The first-order valence-corrected chi connectivity index (χ1v) is 6.24. The van der Waals surface area contributed by atoms with Crippen molar-refractivity contribution in [2.45, 2.75) is 0 Å². The van der Waals surface area contributed by atoms with Crippen LogP contribution in [0.15, 0.2) is 54.6 Å². The van der Waals surface area contributed by atoms with Crippen LogP contribution in [0, 0.1) is 5.82 Å². The summed E-state index contributed by atoms with van der Waals surface area (Å²) in [5.41, 5.74) is 13.6. The van der Waals surface area contributed by atoms with Gasteiger partial charge in [0.2, 0.25) is 0 Å². The molecule has 0 saturated carbocycles. The molecule has 0 heterocycles. The summed E-state index contributed by atoms with van der Waals surface area (Å²) in [4.78, 5) is 0.